The van der Waals surface area contributed by atoms with Gasteiger partial charge in [-0.1, -0.05) is 0 Å². The molecule has 0 atom stereocenters. The maximum atomic E-state index is 11.2. The number of rotatable bonds is 4. The molecule has 0 bridgehead atoms. The first kappa shape index (κ1) is 8.91. The molecule has 0 unspecified atom stereocenters. The summed E-state index contributed by atoms with van der Waals surface area (Å²) in [6.45, 7) is 2.00. The van der Waals surface area contributed by atoms with Crippen molar-refractivity contribution in [1.29, 1.82) is 0 Å². The fourth-order valence-corrected chi connectivity index (χ4v) is 1.52. The number of nitrogens with zero attached hydrogens (tertiary/aromatic N) is 1. The van der Waals surface area contributed by atoms with Crippen molar-refractivity contribution in [2.75, 3.05) is 25.1 Å². The first-order chi connectivity index (χ1) is 5.34. The van der Waals surface area contributed by atoms with E-state index in [0.29, 0.717) is 5.91 Å². The monoisotopic (exact) mass is 173 g/mol. The van der Waals surface area contributed by atoms with Gasteiger partial charge in [-0.2, -0.15) is 11.8 Å². The van der Waals surface area contributed by atoms with Crippen LogP contribution in [0.5, 0.6) is 0 Å². The predicted molar refractivity (Wildman–Crippen MR) is 48.8 cm³/mol. The molecule has 1 aliphatic rings. The van der Waals surface area contributed by atoms with Gasteiger partial charge in [0.2, 0.25) is 5.91 Å². The molecule has 1 saturated heterocycles. The van der Waals surface area contributed by atoms with Crippen LogP contribution < -0.4 is 0 Å². The van der Waals surface area contributed by atoms with Crippen molar-refractivity contribution < 1.29 is 4.79 Å². The first-order valence-electron chi connectivity index (χ1n) is 4.11. The van der Waals surface area contributed by atoms with Crippen molar-refractivity contribution in [3.63, 3.8) is 0 Å². The van der Waals surface area contributed by atoms with E-state index in [1.807, 2.05) is 16.7 Å². The standard InChI is InChI=1S/C8H15NOS/c1-11-7-2-4-8(10)9-5-3-6-9/h2-7H2,1H3. The molecule has 64 valence electrons. The number of amides is 1. The number of carbonyl (C=O) groups excluding carboxylic acids is 1. The van der Waals surface area contributed by atoms with Crippen LogP contribution in [-0.4, -0.2) is 35.9 Å². The summed E-state index contributed by atoms with van der Waals surface area (Å²) in [6, 6.07) is 0. The molecule has 0 aromatic rings. The zero-order chi connectivity index (χ0) is 8.10. The molecule has 1 heterocycles. The minimum atomic E-state index is 0.352. The Morgan fingerprint density at radius 3 is 2.73 bits per heavy atom. The van der Waals surface area contributed by atoms with Crippen LogP contribution in [0.4, 0.5) is 0 Å². The fourth-order valence-electron chi connectivity index (χ4n) is 1.09. The molecule has 1 aliphatic heterocycles. The molecule has 0 radical (unpaired) electrons. The second-order valence-electron chi connectivity index (χ2n) is 2.83. The molecule has 0 N–H and O–H groups in total. The molecular formula is C8H15NOS. The molecule has 0 aromatic heterocycles. The van der Waals surface area contributed by atoms with E-state index in [9.17, 15) is 4.79 Å². The zero-order valence-corrected chi connectivity index (χ0v) is 7.82. The van der Waals surface area contributed by atoms with Crippen LogP contribution in [0.1, 0.15) is 19.3 Å². The SMILES string of the molecule is CSCCCC(=O)N1CCC1. The van der Waals surface area contributed by atoms with E-state index in [-0.39, 0.29) is 0 Å². The highest BCUT2D eigenvalue weighted by atomic mass is 32.2. The molecule has 0 saturated carbocycles. The maximum absolute atomic E-state index is 11.2. The summed E-state index contributed by atoms with van der Waals surface area (Å²) < 4.78 is 0. The molecule has 0 spiro atoms. The highest BCUT2D eigenvalue weighted by Gasteiger charge is 2.18. The van der Waals surface area contributed by atoms with Crippen LogP contribution in [0.3, 0.4) is 0 Å². The van der Waals surface area contributed by atoms with Gasteiger partial charge in [0.25, 0.3) is 0 Å². The molecular weight excluding hydrogens is 158 g/mol. The summed E-state index contributed by atoms with van der Waals surface area (Å²) in [7, 11) is 0. The Kier molecular flexibility index (Phi) is 3.77. The van der Waals surface area contributed by atoms with Gasteiger partial charge in [0.1, 0.15) is 0 Å². The molecule has 2 nitrogen and oxygen atoms in total. The Morgan fingerprint density at radius 2 is 2.27 bits per heavy atom. The van der Waals surface area contributed by atoms with Gasteiger partial charge in [0, 0.05) is 19.5 Å². The molecule has 11 heavy (non-hydrogen) atoms. The third kappa shape index (κ3) is 2.73. The van der Waals surface area contributed by atoms with Crippen molar-refractivity contribution in [3.8, 4) is 0 Å². The Balaban J connectivity index is 2.01. The average molecular weight is 173 g/mol. The van der Waals surface area contributed by atoms with Crippen molar-refractivity contribution in [1.82, 2.24) is 4.90 Å². The van der Waals surface area contributed by atoms with Crippen LogP contribution in [0.2, 0.25) is 0 Å². The van der Waals surface area contributed by atoms with E-state index < -0.39 is 0 Å². The van der Waals surface area contributed by atoms with E-state index in [1.165, 1.54) is 6.42 Å². The zero-order valence-electron chi connectivity index (χ0n) is 7.01. The summed E-state index contributed by atoms with van der Waals surface area (Å²) in [5, 5.41) is 0. The lowest BCUT2D eigenvalue weighted by molar-refractivity contribution is -0.134. The van der Waals surface area contributed by atoms with Crippen molar-refractivity contribution in [2.24, 2.45) is 0 Å². The van der Waals surface area contributed by atoms with Gasteiger partial charge in [0.05, 0.1) is 0 Å². The lowest BCUT2D eigenvalue weighted by Crippen LogP contribution is -2.41. The molecule has 3 heteroatoms. The Bertz CT molecular complexity index is 134. The van der Waals surface area contributed by atoms with Gasteiger partial charge >= 0.3 is 0 Å². The summed E-state index contributed by atoms with van der Waals surface area (Å²) in [5.41, 5.74) is 0. The quantitative estimate of drug-likeness (QED) is 0.598. The normalized spacial score (nSPS) is 16.3. The van der Waals surface area contributed by atoms with Crippen LogP contribution in [0.25, 0.3) is 0 Å². The largest absolute Gasteiger partial charge is 0.343 e. The third-order valence-electron chi connectivity index (χ3n) is 1.95. The van der Waals surface area contributed by atoms with E-state index in [4.69, 9.17) is 0 Å². The molecule has 0 aliphatic carbocycles. The second kappa shape index (κ2) is 4.65. The van der Waals surface area contributed by atoms with Gasteiger partial charge in [-0.3, -0.25) is 4.79 Å². The Labute approximate surface area is 72.3 Å². The number of likely N-dealkylation sites (tertiary alicyclic amines) is 1. The van der Waals surface area contributed by atoms with Crippen LogP contribution in [0.15, 0.2) is 0 Å². The second-order valence-corrected chi connectivity index (χ2v) is 3.82. The number of hydrogen-bond acceptors (Lipinski definition) is 2. The molecule has 1 fully saturated rings. The fraction of sp³-hybridized carbons (Fsp3) is 0.875. The minimum Gasteiger partial charge on any atom is -0.343 e. The Hall–Kier alpha value is -0.180. The summed E-state index contributed by atoms with van der Waals surface area (Å²) >= 11 is 1.81. The van der Waals surface area contributed by atoms with Gasteiger partial charge in [-0.25, -0.2) is 0 Å². The third-order valence-corrected chi connectivity index (χ3v) is 2.64. The van der Waals surface area contributed by atoms with Crippen LogP contribution in [0, 0.1) is 0 Å². The minimum absolute atomic E-state index is 0.352. The van der Waals surface area contributed by atoms with Crippen LogP contribution in [-0.2, 0) is 4.79 Å². The summed E-state index contributed by atoms with van der Waals surface area (Å²) in [5.74, 6) is 1.46. The lowest BCUT2D eigenvalue weighted by Gasteiger charge is -2.30. The summed E-state index contributed by atoms with van der Waals surface area (Å²) in [6.07, 6.45) is 5.07. The van der Waals surface area contributed by atoms with Crippen molar-refractivity contribution >= 4 is 17.7 Å². The molecule has 1 amide bonds. The first-order valence-corrected chi connectivity index (χ1v) is 5.50. The van der Waals surface area contributed by atoms with Gasteiger partial charge in [0.15, 0.2) is 0 Å². The smallest absolute Gasteiger partial charge is 0.222 e. The van der Waals surface area contributed by atoms with Crippen molar-refractivity contribution in [2.45, 2.75) is 19.3 Å². The number of carbonyl (C=O) groups is 1. The average Bonchev–Trinajstić information content (AvgIpc) is 1.84. The topological polar surface area (TPSA) is 20.3 Å². The summed E-state index contributed by atoms with van der Waals surface area (Å²) in [4.78, 5) is 13.2. The van der Waals surface area contributed by atoms with Crippen LogP contribution >= 0.6 is 11.8 Å². The van der Waals surface area contributed by atoms with E-state index in [1.54, 1.807) is 0 Å². The number of hydrogen-bond donors (Lipinski definition) is 0. The van der Waals surface area contributed by atoms with Gasteiger partial charge in [-0.15, -0.1) is 0 Å². The number of thioether (sulfide) groups is 1. The molecule has 1 rings (SSSR count). The van der Waals surface area contributed by atoms with E-state index >= 15 is 0 Å². The van der Waals surface area contributed by atoms with Gasteiger partial charge in [-0.05, 0) is 24.9 Å². The predicted octanol–water partition coefficient (Wildman–Crippen LogP) is 1.36. The maximum Gasteiger partial charge on any atom is 0.222 e. The van der Waals surface area contributed by atoms with Gasteiger partial charge < -0.3 is 4.90 Å². The lowest BCUT2D eigenvalue weighted by atomic mass is 10.2. The van der Waals surface area contributed by atoms with E-state index in [0.717, 1.165) is 31.7 Å². The highest BCUT2D eigenvalue weighted by molar-refractivity contribution is 7.98. The highest BCUT2D eigenvalue weighted by Crippen LogP contribution is 2.09. The molecule has 0 aromatic carbocycles. The van der Waals surface area contributed by atoms with Crippen molar-refractivity contribution in [3.05, 3.63) is 0 Å². The Morgan fingerprint density at radius 1 is 1.55 bits per heavy atom. The van der Waals surface area contributed by atoms with E-state index in [2.05, 4.69) is 6.26 Å².